The SMILES string of the molecule is CC1(C)[C@]2(C(=O)NO)CC[C@]1(C)[C@@H](O)C2. The van der Waals surface area contributed by atoms with Crippen molar-refractivity contribution in [3.63, 3.8) is 0 Å². The topological polar surface area (TPSA) is 69.6 Å². The fraction of sp³-hybridized carbons (Fsp3) is 0.909. The van der Waals surface area contributed by atoms with Gasteiger partial charge in [0.2, 0.25) is 5.91 Å². The van der Waals surface area contributed by atoms with Gasteiger partial charge in [-0.15, -0.1) is 0 Å². The van der Waals surface area contributed by atoms with Crippen molar-refractivity contribution in [1.29, 1.82) is 0 Å². The number of carbonyl (C=O) groups is 1. The molecule has 0 aromatic rings. The van der Waals surface area contributed by atoms with Gasteiger partial charge in [0.25, 0.3) is 0 Å². The summed E-state index contributed by atoms with van der Waals surface area (Å²) in [5.74, 6) is -0.340. The van der Waals surface area contributed by atoms with Gasteiger partial charge < -0.3 is 5.11 Å². The lowest BCUT2D eigenvalue weighted by molar-refractivity contribution is -0.145. The summed E-state index contributed by atoms with van der Waals surface area (Å²) < 4.78 is 0. The fourth-order valence-corrected chi connectivity index (χ4v) is 3.74. The zero-order chi connectivity index (χ0) is 11.5. The van der Waals surface area contributed by atoms with Crippen LogP contribution in [0.5, 0.6) is 0 Å². The molecule has 0 spiro atoms. The van der Waals surface area contributed by atoms with E-state index in [0.29, 0.717) is 6.42 Å². The summed E-state index contributed by atoms with van der Waals surface area (Å²) in [5.41, 5.74) is 0.687. The maximum Gasteiger partial charge on any atom is 0.250 e. The lowest BCUT2D eigenvalue weighted by atomic mass is 9.64. The summed E-state index contributed by atoms with van der Waals surface area (Å²) in [6.07, 6.45) is 1.61. The first kappa shape index (κ1) is 10.9. The van der Waals surface area contributed by atoms with Crippen molar-refractivity contribution in [3.05, 3.63) is 0 Å². The minimum Gasteiger partial charge on any atom is -0.393 e. The Kier molecular flexibility index (Phi) is 1.99. The van der Waals surface area contributed by atoms with Crippen molar-refractivity contribution >= 4 is 5.91 Å². The van der Waals surface area contributed by atoms with Crippen molar-refractivity contribution in [3.8, 4) is 0 Å². The van der Waals surface area contributed by atoms with E-state index in [1.54, 1.807) is 5.48 Å². The molecule has 0 radical (unpaired) electrons. The molecule has 2 aliphatic rings. The highest BCUT2D eigenvalue weighted by Crippen LogP contribution is 2.72. The molecular weight excluding hydrogens is 194 g/mol. The minimum atomic E-state index is -0.601. The van der Waals surface area contributed by atoms with Crippen molar-refractivity contribution in [2.24, 2.45) is 16.2 Å². The number of hydrogen-bond donors (Lipinski definition) is 3. The Morgan fingerprint density at radius 1 is 1.33 bits per heavy atom. The standard InChI is InChI=1S/C11H19NO3/c1-9(2)10(3)4-5-11(9,6-7(10)13)8(14)12-15/h7,13,15H,4-6H2,1-3H3,(H,12,14)/t7-,10+,11+/m0/s1. The van der Waals surface area contributed by atoms with Crippen LogP contribution in [-0.2, 0) is 4.79 Å². The molecule has 0 aromatic heterocycles. The van der Waals surface area contributed by atoms with Crippen LogP contribution in [0.3, 0.4) is 0 Å². The van der Waals surface area contributed by atoms with E-state index in [9.17, 15) is 9.90 Å². The third kappa shape index (κ3) is 0.923. The van der Waals surface area contributed by atoms with Gasteiger partial charge in [0.1, 0.15) is 0 Å². The molecule has 86 valence electrons. The maximum atomic E-state index is 11.8. The first-order valence-corrected chi connectivity index (χ1v) is 5.44. The van der Waals surface area contributed by atoms with Crippen LogP contribution in [0, 0.1) is 16.2 Å². The van der Waals surface area contributed by atoms with Crippen molar-refractivity contribution < 1.29 is 15.1 Å². The van der Waals surface area contributed by atoms with E-state index in [0.717, 1.165) is 12.8 Å². The molecule has 2 saturated carbocycles. The second-order valence-electron chi connectivity index (χ2n) is 5.79. The van der Waals surface area contributed by atoms with E-state index in [-0.39, 0.29) is 16.7 Å². The van der Waals surface area contributed by atoms with Gasteiger partial charge >= 0.3 is 0 Å². The van der Waals surface area contributed by atoms with Gasteiger partial charge in [-0.2, -0.15) is 0 Å². The molecule has 4 nitrogen and oxygen atoms in total. The smallest absolute Gasteiger partial charge is 0.250 e. The Labute approximate surface area is 89.6 Å². The Balaban J connectivity index is 2.49. The molecule has 0 saturated heterocycles. The first-order valence-electron chi connectivity index (χ1n) is 5.44. The van der Waals surface area contributed by atoms with Gasteiger partial charge in [-0.05, 0) is 30.1 Å². The lowest BCUT2D eigenvalue weighted by Gasteiger charge is -2.39. The van der Waals surface area contributed by atoms with Gasteiger partial charge in [-0.1, -0.05) is 20.8 Å². The fourth-order valence-electron chi connectivity index (χ4n) is 3.74. The van der Waals surface area contributed by atoms with Crippen LogP contribution < -0.4 is 5.48 Å². The van der Waals surface area contributed by atoms with Crippen LogP contribution in [0.25, 0.3) is 0 Å². The Morgan fingerprint density at radius 2 is 1.93 bits per heavy atom. The molecule has 2 fully saturated rings. The van der Waals surface area contributed by atoms with E-state index in [2.05, 4.69) is 0 Å². The van der Waals surface area contributed by atoms with Crippen LogP contribution >= 0.6 is 0 Å². The highest BCUT2D eigenvalue weighted by molar-refractivity contribution is 5.84. The quantitative estimate of drug-likeness (QED) is 0.451. The molecule has 1 amide bonds. The molecule has 4 heteroatoms. The monoisotopic (exact) mass is 213 g/mol. The average molecular weight is 213 g/mol. The lowest BCUT2D eigenvalue weighted by Crippen LogP contribution is -2.45. The molecule has 0 unspecified atom stereocenters. The highest BCUT2D eigenvalue weighted by Gasteiger charge is 2.72. The van der Waals surface area contributed by atoms with E-state index >= 15 is 0 Å². The van der Waals surface area contributed by atoms with Crippen molar-refractivity contribution in [2.75, 3.05) is 0 Å². The molecule has 2 aliphatic carbocycles. The summed E-state index contributed by atoms with van der Waals surface area (Å²) >= 11 is 0. The molecule has 2 bridgehead atoms. The minimum absolute atomic E-state index is 0.209. The van der Waals surface area contributed by atoms with Crippen LogP contribution in [0.2, 0.25) is 0 Å². The molecule has 0 aromatic carbocycles. The average Bonchev–Trinajstić information content (AvgIpc) is 2.47. The molecule has 15 heavy (non-hydrogen) atoms. The van der Waals surface area contributed by atoms with Gasteiger partial charge in [-0.25, -0.2) is 5.48 Å². The third-order valence-electron chi connectivity index (χ3n) is 5.51. The zero-order valence-corrected chi connectivity index (χ0v) is 9.50. The van der Waals surface area contributed by atoms with Crippen molar-refractivity contribution in [2.45, 2.75) is 46.1 Å². The summed E-state index contributed by atoms with van der Waals surface area (Å²) in [4.78, 5) is 11.8. The number of nitrogens with one attached hydrogen (secondary N) is 1. The number of aliphatic hydroxyl groups is 1. The van der Waals surface area contributed by atoms with Gasteiger partial charge in [0.15, 0.2) is 0 Å². The predicted octanol–water partition coefficient (Wildman–Crippen LogP) is 1.07. The number of hydroxylamine groups is 1. The van der Waals surface area contributed by atoms with Crippen molar-refractivity contribution in [1.82, 2.24) is 5.48 Å². The Morgan fingerprint density at radius 3 is 2.27 bits per heavy atom. The normalized spacial score (nSPS) is 46.9. The van der Waals surface area contributed by atoms with Crippen LogP contribution in [0.4, 0.5) is 0 Å². The molecule has 3 N–H and O–H groups in total. The number of fused-ring (bicyclic) bond motifs is 2. The van der Waals surface area contributed by atoms with Crippen LogP contribution in [0.1, 0.15) is 40.0 Å². The van der Waals surface area contributed by atoms with Crippen LogP contribution in [0.15, 0.2) is 0 Å². The van der Waals surface area contributed by atoms with Gasteiger partial charge in [0.05, 0.1) is 11.5 Å². The summed E-state index contributed by atoms with van der Waals surface area (Å²) in [7, 11) is 0. The van der Waals surface area contributed by atoms with Gasteiger partial charge in [0, 0.05) is 0 Å². The summed E-state index contributed by atoms with van der Waals surface area (Å²) in [6.45, 7) is 6.08. The second-order valence-corrected chi connectivity index (χ2v) is 5.79. The number of rotatable bonds is 1. The molecule has 3 atom stereocenters. The predicted molar refractivity (Wildman–Crippen MR) is 54.1 cm³/mol. The van der Waals surface area contributed by atoms with Crippen LogP contribution in [-0.4, -0.2) is 22.3 Å². The first-order chi connectivity index (χ1) is 6.82. The third-order valence-corrected chi connectivity index (χ3v) is 5.51. The second kappa shape index (κ2) is 2.74. The maximum absolute atomic E-state index is 11.8. The largest absolute Gasteiger partial charge is 0.393 e. The van der Waals surface area contributed by atoms with E-state index in [1.165, 1.54) is 0 Å². The molecular formula is C11H19NO3. The summed E-state index contributed by atoms with van der Waals surface area (Å²) in [6, 6.07) is 0. The summed E-state index contributed by atoms with van der Waals surface area (Å²) in [5, 5.41) is 18.9. The number of amides is 1. The van der Waals surface area contributed by atoms with E-state index in [4.69, 9.17) is 5.21 Å². The Hall–Kier alpha value is -0.610. The number of carbonyl (C=O) groups excluding carboxylic acids is 1. The molecule has 0 aliphatic heterocycles. The van der Waals surface area contributed by atoms with E-state index < -0.39 is 11.5 Å². The number of hydrogen-bond acceptors (Lipinski definition) is 3. The molecule has 2 rings (SSSR count). The number of aliphatic hydroxyl groups excluding tert-OH is 1. The van der Waals surface area contributed by atoms with Gasteiger partial charge in [-0.3, -0.25) is 10.0 Å². The highest BCUT2D eigenvalue weighted by atomic mass is 16.5. The molecule has 0 heterocycles. The zero-order valence-electron chi connectivity index (χ0n) is 9.50. The van der Waals surface area contributed by atoms with E-state index in [1.807, 2.05) is 20.8 Å². The Bertz CT molecular complexity index is 315.